The third-order valence-corrected chi connectivity index (χ3v) is 9.50. The molecule has 2 aliphatic rings. The fraction of sp³-hybridized carbons (Fsp3) is 0.440. The number of likely N-dealkylation sites (tertiary alicyclic amines) is 1. The molecular formula is C25H32N4O7S2. The van der Waals surface area contributed by atoms with E-state index in [0.29, 0.717) is 26.2 Å². The molecule has 0 spiro atoms. The van der Waals surface area contributed by atoms with Crippen molar-refractivity contribution in [3.05, 3.63) is 59.7 Å². The Balaban J connectivity index is 1.39. The average Bonchev–Trinajstić information content (AvgIpc) is 3.30. The Bertz CT molecular complexity index is 1370. The van der Waals surface area contributed by atoms with E-state index in [1.165, 1.54) is 28.6 Å². The van der Waals surface area contributed by atoms with Crippen molar-refractivity contribution in [1.29, 1.82) is 0 Å². The van der Waals surface area contributed by atoms with Crippen molar-refractivity contribution in [3.8, 4) is 0 Å². The van der Waals surface area contributed by atoms with E-state index in [1.807, 2.05) is 24.3 Å². The van der Waals surface area contributed by atoms with Crippen LogP contribution in [0.2, 0.25) is 0 Å². The molecule has 38 heavy (non-hydrogen) atoms. The molecule has 0 aliphatic carbocycles. The Morgan fingerprint density at radius 2 is 1.68 bits per heavy atom. The fourth-order valence-corrected chi connectivity index (χ4v) is 6.70. The van der Waals surface area contributed by atoms with Crippen LogP contribution in [-0.2, 0) is 47.5 Å². The number of nitrogens with one attached hydrogen (secondary N) is 1. The van der Waals surface area contributed by atoms with Gasteiger partial charge < -0.3 is 15.0 Å². The number of carbonyl (C=O) groups excluding carboxylic acids is 2. The van der Waals surface area contributed by atoms with Crippen LogP contribution in [0, 0.1) is 0 Å². The van der Waals surface area contributed by atoms with E-state index in [-0.39, 0.29) is 36.1 Å². The SMILES string of the molecule is CS(=O)(=O)N(CC(=O)NCc1cccc(CN2CCCC2=O)c1)c1ccc(S(=O)(=O)N2CCOCC2)cc1. The summed E-state index contributed by atoms with van der Waals surface area (Å²) in [4.78, 5) is 26.4. The van der Waals surface area contributed by atoms with E-state index < -0.39 is 32.5 Å². The Kier molecular flexibility index (Phi) is 8.71. The molecule has 0 radical (unpaired) electrons. The van der Waals surface area contributed by atoms with Gasteiger partial charge in [-0.2, -0.15) is 4.31 Å². The molecule has 2 aliphatic heterocycles. The zero-order valence-corrected chi connectivity index (χ0v) is 22.8. The van der Waals surface area contributed by atoms with Crippen LogP contribution in [-0.4, -0.2) is 83.5 Å². The lowest BCUT2D eigenvalue weighted by Gasteiger charge is -2.26. The van der Waals surface area contributed by atoms with E-state index in [0.717, 1.165) is 34.7 Å². The summed E-state index contributed by atoms with van der Waals surface area (Å²) in [6.45, 7) is 2.11. The summed E-state index contributed by atoms with van der Waals surface area (Å²) >= 11 is 0. The third-order valence-electron chi connectivity index (χ3n) is 6.45. The number of anilines is 1. The number of nitrogens with zero attached hydrogens (tertiary/aromatic N) is 3. The molecule has 0 saturated carbocycles. The van der Waals surface area contributed by atoms with Crippen LogP contribution in [0.5, 0.6) is 0 Å². The maximum atomic E-state index is 12.9. The van der Waals surface area contributed by atoms with E-state index in [1.54, 1.807) is 4.90 Å². The molecule has 2 fully saturated rings. The zero-order valence-electron chi connectivity index (χ0n) is 21.2. The van der Waals surface area contributed by atoms with Gasteiger partial charge in [-0.05, 0) is 41.8 Å². The molecule has 2 heterocycles. The lowest BCUT2D eigenvalue weighted by atomic mass is 10.1. The fourth-order valence-electron chi connectivity index (χ4n) is 4.44. The molecular weight excluding hydrogens is 532 g/mol. The first kappa shape index (κ1) is 28.0. The van der Waals surface area contributed by atoms with Gasteiger partial charge >= 0.3 is 0 Å². The topological polar surface area (TPSA) is 133 Å². The van der Waals surface area contributed by atoms with Crippen LogP contribution >= 0.6 is 0 Å². The quantitative estimate of drug-likeness (QED) is 0.454. The molecule has 2 aromatic rings. The third kappa shape index (κ3) is 6.90. The van der Waals surface area contributed by atoms with Crippen molar-refractivity contribution in [1.82, 2.24) is 14.5 Å². The van der Waals surface area contributed by atoms with Gasteiger partial charge in [-0.15, -0.1) is 0 Å². The Morgan fingerprint density at radius 3 is 2.32 bits per heavy atom. The van der Waals surface area contributed by atoms with Gasteiger partial charge in [0.05, 0.1) is 30.1 Å². The highest BCUT2D eigenvalue weighted by atomic mass is 32.2. The van der Waals surface area contributed by atoms with Crippen molar-refractivity contribution in [2.75, 3.05) is 50.0 Å². The number of benzene rings is 2. The number of hydrogen-bond acceptors (Lipinski definition) is 7. The summed E-state index contributed by atoms with van der Waals surface area (Å²) < 4.78 is 58.1. The average molecular weight is 565 g/mol. The summed E-state index contributed by atoms with van der Waals surface area (Å²) in [7, 11) is -7.56. The van der Waals surface area contributed by atoms with Crippen molar-refractivity contribution in [2.24, 2.45) is 0 Å². The smallest absolute Gasteiger partial charge is 0.243 e. The largest absolute Gasteiger partial charge is 0.379 e. The first-order valence-corrected chi connectivity index (χ1v) is 15.6. The predicted octanol–water partition coefficient (Wildman–Crippen LogP) is 0.912. The number of hydrogen-bond donors (Lipinski definition) is 1. The number of ether oxygens (including phenoxy) is 1. The molecule has 2 amide bonds. The molecule has 206 valence electrons. The van der Waals surface area contributed by atoms with E-state index >= 15 is 0 Å². The Hall–Kier alpha value is -3.00. The minimum absolute atomic E-state index is 0.0385. The van der Waals surface area contributed by atoms with Crippen molar-refractivity contribution in [3.63, 3.8) is 0 Å². The number of morpholine rings is 1. The Morgan fingerprint density at radius 1 is 1.00 bits per heavy atom. The van der Waals surface area contributed by atoms with Crippen LogP contribution in [0.25, 0.3) is 0 Å². The molecule has 2 aromatic carbocycles. The van der Waals surface area contributed by atoms with E-state index in [2.05, 4.69) is 5.32 Å². The molecule has 4 rings (SSSR count). The summed E-state index contributed by atoms with van der Waals surface area (Å²) in [5, 5.41) is 2.74. The maximum Gasteiger partial charge on any atom is 0.243 e. The van der Waals surface area contributed by atoms with Gasteiger partial charge in [-0.3, -0.25) is 13.9 Å². The van der Waals surface area contributed by atoms with Gasteiger partial charge in [0, 0.05) is 39.1 Å². The molecule has 13 heteroatoms. The molecule has 0 aromatic heterocycles. The normalized spacial score (nSPS) is 17.0. The van der Waals surface area contributed by atoms with Crippen LogP contribution in [0.3, 0.4) is 0 Å². The second kappa shape index (κ2) is 11.8. The monoisotopic (exact) mass is 564 g/mol. The maximum absolute atomic E-state index is 12.9. The number of rotatable bonds is 10. The highest BCUT2D eigenvalue weighted by molar-refractivity contribution is 7.92. The first-order chi connectivity index (χ1) is 18.0. The van der Waals surface area contributed by atoms with Gasteiger partial charge in [0.25, 0.3) is 0 Å². The minimum Gasteiger partial charge on any atom is -0.379 e. The number of sulfonamides is 2. The molecule has 0 atom stereocenters. The lowest BCUT2D eigenvalue weighted by molar-refractivity contribution is -0.128. The van der Waals surface area contributed by atoms with Crippen LogP contribution in [0.4, 0.5) is 5.69 Å². The predicted molar refractivity (Wildman–Crippen MR) is 141 cm³/mol. The van der Waals surface area contributed by atoms with Gasteiger partial charge in [-0.1, -0.05) is 24.3 Å². The minimum atomic E-state index is -3.83. The molecule has 11 nitrogen and oxygen atoms in total. The summed E-state index contributed by atoms with van der Waals surface area (Å²) in [6.07, 6.45) is 2.42. The summed E-state index contributed by atoms with van der Waals surface area (Å²) in [6, 6.07) is 13.0. The molecule has 2 saturated heterocycles. The standard InChI is InChI=1S/C25H32N4O7S2/c1-37(32,33)29(22-7-9-23(10-8-22)38(34,35)28-12-14-36-15-13-28)19-24(30)26-17-20-4-2-5-21(16-20)18-27-11-3-6-25(27)31/h2,4-5,7-10,16H,3,6,11-15,17-19H2,1H3,(H,26,30). The number of carbonyl (C=O) groups is 2. The second-order valence-corrected chi connectivity index (χ2v) is 13.1. The van der Waals surface area contributed by atoms with Gasteiger partial charge in [-0.25, -0.2) is 16.8 Å². The van der Waals surface area contributed by atoms with Crippen LogP contribution in [0.1, 0.15) is 24.0 Å². The van der Waals surface area contributed by atoms with Crippen molar-refractivity contribution >= 4 is 37.5 Å². The van der Waals surface area contributed by atoms with Gasteiger partial charge in [0.2, 0.25) is 31.9 Å². The zero-order chi connectivity index (χ0) is 27.3. The highest BCUT2D eigenvalue weighted by Crippen LogP contribution is 2.23. The van der Waals surface area contributed by atoms with Crippen LogP contribution in [0.15, 0.2) is 53.4 Å². The molecule has 1 N–H and O–H groups in total. The summed E-state index contributed by atoms with van der Waals surface area (Å²) in [5.41, 5.74) is 1.96. The second-order valence-electron chi connectivity index (χ2n) is 9.30. The molecule has 0 bridgehead atoms. The van der Waals surface area contributed by atoms with Crippen molar-refractivity contribution in [2.45, 2.75) is 30.8 Å². The van der Waals surface area contributed by atoms with Crippen molar-refractivity contribution < 1.29 is 31.2 Å². The summed E-state index contributed by atoms with van der Waals surface area (Å²) in [5.74, 6) is -0.378. The molecule has 0 unspecified atom stereocenters. The van der Waals surface area contributed by atoms with E-state index in [9.17, 15) is 26.4 Å². The lowest BCUT2D eigenvalue weighted by Crippen LogP contribution is -2.41. The van der Waals surface area contributed by atoms with Gasteiger partial charge in [0.15, 0.2) is 0 Å². The number of amides is 2. The highest BCUT2D eigenvalue weighted by Gasteiger charge is 2.27. The first-order valence-electron chi connectivity index (χ1n) is 12.3. The van der Waals surface area contributed by atoms with Gasteiger partial charge in [0.1, 0.15) is 6.54 Å². The van der Waals surface area contributed by atoms with Crippen LogP contribution < -0.4 is 9.62 Å². The Labute approximate surface area is 223 Å². The van der Waals surface area contributed by atoms with E-state index in [4.69, 9.17) is 4.74 Å².